The van der Waals surface area contributed by atoms with Gasteiger partial charge in [0, 0.05) is 29.3 Å². The maximum Gasteiger partial charge on any atom is 0.261 e. The fourth-order valence-corrected chi connectivity index (χ4v) is 4.07. The summed E-state index contributed by atoms with van der Waals surface area (Å²) in [5.41, 5.74) is 0.936. The van der Waals surface area contributed by atoms with Crippen molar-refractivity contribution in [3.63, 3.8) is 0 Å². The second-order valence-electron chi connectivity index (χ2n) is 6.49. The molecular formula is C21H15ClN4O4S. The van der Waals surface area contributed by atoms with Gasteiger partial charge in [-0.3, -0.25) is 14.5 Å². The molecule has 0 saturated heterocycles. The second-order valence-corrected chi connectivity index (χ2v) is 8.61. The summed E-state index contributed by atoms with van der Waals surface area (Å²) in [7, 11) is -3.99. The van der Waals surface area contributed by atoms with Gasteiger partial charge in [-0.15, -0.1) is 10.2 Å². The number of anilines is 1. The molecule has 4 rings (SSSR count). The Morgan fingerprint density at radius 2 is 1.81 bits per heavy atom. The fraction of sp³-hybridized carbons (Fsp3) is 0.0476. The van der Waals surface area contributed by atoms with Crippen LogP contribution in [0.1, 0.15) is 21.9 Å². The van der Waals surface area contributed by atoms with Crippen molar-refractivity contribution in [3.05, 3.63) is 89.0 Å². The lowest BCUT2D eigenvalue weighted by Gasteiger charge is -2.12. The minimum Gasteiger partial charge on any atom is -0.421 e. The van der Waals surface area contributed by atoms with Crippen LogP contribution < -0.4 is 4.72 Å². The molecule has 10 heteroatoms. The van der Waals surface area contributed by atoms with E-state index in [1.165, 1.54) is 36.5 Å². The molecule has 31 heavy (non-hydrogen) atoms. The Bertz CT molecular complexity index is 1350. The van der Waals surface area contributed by atoms with Crippen LogP contribution in [-0.4, -0.2) is 29.4 Å². The predicted octanol–water partition coefficient (Wildman–Crippen LogP) is 4.13. The summed E-state index contributed by atoms with van der Waals surface area (Å²) in [5.74, 6) is 0.236. The highest BCUT2D eigenvalue weighted by atomic mass is 35.5. The Morgan fingerprint density at radius 1 is 1.03 bits per heavy atom. The number of hydrogen-bond donors (Lipinski definition) is 1. The molecule has 0 aliphatic carbocycles. The lowest BCUT2D eigenvalue weighted by atomic mass is 10.1. The molecule has 0 bridgehead atoms. The Morgan fingerprint density at radius 3 is 2.45 bits per heavy atom. The highest BCUT2D eigenvalue weighted by molar-refractivity contribution is 7.92. The molecule has 0 atom stereocenters. The first-order chi connectivity index (χ1) is 14.8. The van der Waals surface area contributed by atoms with Gasteiger partial charge in [0.2, 0.25) is 17.6 Å². The van der Waals surface area contributed by atoms with Crippen molar-refractivity contribution >= 4 is 33.1 Å². The smallest absolute Gasteiger partial charge is 0.261 e. The lowest BCUT2D eigenvalue weighted by molar-refractivity contribution is 0.103. The number of aryl methyl sites for hydroxylation is 1. The number of hydrogen-bond acceptors (Lipinski definition) is 7. The predicted molar refractivity (Wildman–Crippen MR) is 114 cm³/mol. The van der Waals surface area contributed by atoms with Gasteiger partial charge in [0.05, 0.1) is 10.6 Å². The number of carbonyl (C=O) groups excluding carboxylic acids is 1. The van der Waals surface area contributed by atoms with E-state index in [2.05, 4.69) is 19.9 Å². The second kappa shape index (κ2) is 8.29. The van der Waals surface area contributed by atoms with Gasteiger partial charge in [-0.2, -0.15) is 0 Å². The van der Waals surface area contributed by atoms with Crippen LogP contribution in [0.5, 0.6) is 0 Å². The molecule has 0 unspecified atom stereocenters. The zero-order valence-corrected chi connectivity index (χ0v) is 17.7. The van der Waals surface area contributed by atoms with E-state index in [1.54, 1.807) is 37.3 Å². The maximum absolute atomic E-state index is 12.9. The molecule has 0 amide bonds. The van der Waals surface area contributed by atoms with E-state index in [4.69, 9.17) is 16.0 Å². The molecule has 0 spiro atoms. The van der Waals surface area contributed by atoms with Crippen molar-refractivity contribution in [1.29, 1.82) is 0 Å². The van der Waals surface area contributed by atoms with E-state index in [9.17, 15) is 13.2 Å². The number of sulfonamides is 1. The average molecular weight is 455 g/mol. The van der Waals surface area contributed by atoms with Crippen molar-refractivity contribution in [3.8, 4) is 11.5 Å². The standard InChI is InChI=1S/C21H15ClN4O4S/c1-13-24-25-21(30-13)14-5-8-16(9-6-14)31(28,29)26-18-10-7-15(22)12-17(18)20(27)19-4-2-3-11-23-19/h2-12,26H,1H3. The Balaban J connectivity index is 1.65. The summed E-state index contributed by atoms with van der Waals surface area (Å²) in [6, 6.07) is 15.2. The van der Waals surface area contributed by atoms with Crippen LogP contribution in [0, 0.1) is 6.92 Å². The van der Waals surface area contributed by atoms with Crippen LogP contribution in [-0.2, 0) is 10.0 Å². The van der Waals surface area contributed by atoms with Gasteiger partial charge in [0.25, 0.3) is 10.0 Å². The molecule has 0 saturated carbocycles. The average Bonchev–Trinajstić information content (AvgIpc) is 3.21. The summed E-state index contributed by atoms with van der Waals surface area (Å²) in [6.45, 7) is 1.66. The largest absolute Gasteiger partial charge is 0.421 e. The summed E-state index contributed by atoms with van der Waals surface area (Å²) in [6.07, 6.45) is 1.48. The summed E-state index contributed by atoms with van der Waals surface area (Å²) in [5, 5.41) is 7.95. The summed E-state index contributed by atoms with van der Waals surface area (Å²) >= 11 is 6.04. The van der Waals surface area contributed by atoms with Gasteiger partial charge in [-0.25, -0.2) is 8.42 Å². The van der Waals surface area contributed by atoms with Gasteiger partial charge >= 0.3 is 0 Å². The number of pyridine rings is 1. The molecule has 4 aromatic rings. The molecule has 8 nitrogen and oxygen atoms in total. The number of nitrogens with one attached hydrogen (secondary N) is 1. The van der Waals surface area contributed by atoms with Gasteiger partial charge in [-0.1, -0.05) is 17.7 Å². The molecule has 2 heterocycles. The van der Waals surface area contributed by atoms with Crippen LogP contribution >= 0.6 is 11.6 Å². The molecule has 0 radical (unpaired) electrons. The Hall–Kier alpha value is -3.56. The van der Waals surface area contributed by atoms with Gasteiger partial charge in [0.1, 0.15) is 5.69 Å². The topological polar surface area (TPSA) is 115 Å². The molecule has 0 aliphatic rings. The number of rotatable bonds is 6. The third-order valence-corrected chi connectivity index (χ3v) is 5.92. The third kappa shape index (κ3) is 4.47. The molecule has 1 N–H and O–H groups in total. The molecule has 0 aliphatic heterocycles. The number of nitrogens with zero attached hydrogens (tertiary/aromatic N) is 3. The van der Waals surface area contributed by atoms with Crippen LogP contribution in [0.2, 0.25) is 5.02 Å². The number of carbonyl (C=O) groups is 1. The molecule has 2 aromatic carbocycles. The number of aromatic nitrogens is 3. The van der Waals surface area contributed by atoms with Crippen LogP contribution in [0.3, 0.4) is 0 Å². The minimum absolute atomic E-state index is 0.00123. The van der Waals surface area contributed by atoms with Crippen LogP contribution in [0.25, 0.3) is 11.5 Å². The fourth-order valence-electron chi connectivity index (χ4n) is 2.82. The first-order valence-corrected chi connectivity index (χ1v) is 10.9. The minimum atomic E-state index is -3.99. The van der Waals surface area contributed by atoms with E-state index in [1.807, 2.05) is 0 Å². The Labute approximate surface area is 183 Å². The third-order valence-electron chi connectivity index (χ3n) is 4.31. The van der Waals surface area contributed by atoms with E-state index < -0.39 is 15.8 Å². The molecular weight excluding hydrogens is 440 g/mol. The van der Waals surface area contributed by atoms with E-state index in [0.29, 0.717) is 16.5 Å². The van der Waals surface area contributed by atoms with Crippen LogP contribution in [0.4, 0.5) is 5.69 Å². The first kappa shape index (κ1) is 20.7. The summed E-state index contributed by atoms with van der Waals surface area (Å²) in [4.78, 5) is 16.9. The number of halogens is 1. The SMILES string of the molecule is Cc1nnc(-c2ccc(S(=O)(=O)Nc3ccc(Cl)cc3C(=O)c3ccccn3)cc2)o1. The molecule has 2 aromatic heterocycles. The highest BCUT2D eigenvalue weighted by Gasteiger charge is 2.21. The molecule has 0 fully saturated rings. The number of benzene rings is 2. The first-order valence-electron chi connectivity index (χ1n) is 9.02. The monoisotopic (exact) mass is 454 g/mol. The van der Waals surface area contributed by atoms with Gasteiger partial charge in [-0.05, 0) is 54.6 Å². The van der Waals surface area contributed by atoms with E-state index in [0.717, 1.165) is 0 Å². The molecule has 156 valence electrons. The quantitative estimate of drug-likeness (QED) is 0.435. The zero-order valence-electron chi connectivity index (χ0n) is 16.1. The van der Waals surface area contributed by atoms with E-state index in [-0.39, 0.29) is 27.7 Å². The highest BCUT2D eigenvalue weighted by Crippen LogP contribution is 2.27. The Kier molecular flexibility index (Phi) is 5.53. The van der Waals surface area contributed by atoms with Crippen molar-refractivity contribution < 1.29 is 17.6 Å². The van der Waals surface area contributed by atoms with Crippen molar-refractivity contribution in [2.45, 2.75) is 11.8 Å². The number of ketones is 1. The lowest BCUT2D eigenvalue weighted by Crippen LogP contribution is -2.16. The van der Waals surface area contributed by atoms with Gasteiger partial charge in [0.15, 0.2) is 0 Å². The van der Waals surface area contributed by atoms with Crippen molar-refractivity contribution in [2.24, 2.45) is 0 Å². The zero-order chi connectivity index (χ0) is 22.0. The normalized spacial score (nSPS) is 11.3. The maximum atomic E-state index is 12.9. The van der Waals surface area contributed by atoms with Crippen LogP contribution in [0.15, 0.2) is 76.2 Å². The van der Waals surface area contributed by atoms with Crippen molar-refractivity contribution in [2.75, 3.05) is 4.72 Å². The summed E-state index contributed by atoms with van der Waals surface area (Å²) < 4.78 is 33.7. The van der Waals surface area contributed by atoms with Crippen molar-refractivity contribution in [1.82, 2.24) is 15.2 Å². The van der Waals surface area contributed by atoms with Gasteiger partial charge < -0.3 is 4.42 Å². The van der Waals surface area contributed by atoms with E-state index >= 15 is 0 Å².